The van der Waals surface area contributed by atoms with E-state index in [0.29, 0.717) is 21.8 Å². The Labute approximate surface area is 188 Å². The summed E-state index contributed by atoms with van der Waals surface area (Å²) in [6.07, 6.45) is 0. The van der Waals surface area contributed by atoms with Gasteiger partial charge in [-0.25, -0.2) is 0 Å². The van der Waals surface area contributed by atoms with Crippen LogP contribution in [0.3, 0.4) is 0 Å². The number of rotatable bonds is 4. The number of nitro groups is 1. The van der Waals surface area contributed by atoms with Crippen LogP contribution in [0.15, 0.2) is 78.4 Å². The van der Waals surface area contributed by atoms with Gasteiger partial charge in [0.2, 0.25) is 0 Å². The molecule has 1 aliphatic rings. The average Bonchev–Trinajstić information content (AvgIpc) is 3.05. The van der Waals surface area contributed by atoms with Gasteiger partial charge in [0.15, 0.2) is 0 Å². The summed E-state index contributed by atoms with van der Waals surface area (Å²) < 4.78 is 0. The summed E-state index contributed by atoms with van der Waals surface area (Å²) >= 11 is 5.92. The van der Waals surface area contributed by atoms with E-state index < -0.39 is 22.7 Å². The third kappa shape index (κ3) is 3.74. The number of halogens is 1. The maximum atomic E-state index is 13.1. The van der Waals surface area contributed by atoms with E-state index in [-0.39, 0.29) is 17.0 Å². The fourth-order valence-corrected chi connectivity index (χ4v) is 3.82. The lowest BCUT2D eigenvalue weighted by Crippen LogP contribution is -2.29. The van der Waals surface area contributed by atoms with Crippen LogP contribution < -0.4 is 4.90 Å². The Bertz CT molecular complexity index is 1270. The van der Waals surface area contributed by atoms with Gasteiger partial charge in [0, 0.05) is 28.4 Å². The number of hydrogen-bond acceptors (Lipinski definition) is 5. The zero-order valence-corrected chi connectivity index (χ0v) is 17.6. The molecule has 1 unspecified atom stereocenters. The van der Waals surface area contributed by atoms with Gasteiger partial charge in [0.25, 0.3) is 17.4 Å². The number of aryl methyl sites for hydroxylation is 1. The molecule has 4 rings (SSSR count). The first-order chi connectivity index (χ1) is 15.3. The minimum absolute atomic E-state index is 0.154. The number of aliphatic hydroxyl groups is 1. The molecule has 1 fully saturated rings. The first-order valence-corrected chi connectivity index (χ1v) is 10.0. The molecule has 1 atom stereocenters. The number of nitro benzene ring substituents is 1. The fraction of sp³-hybridized carbons (Fsp3) is 0.0833. The maximum absolute atomic E-state index is 13.1. The van der Waals surface area contributed by atoms with Gasteiger partial charge in [-0.2, -0.15) is 0 Å². The molecule has 0 saturated carbocycles. The number of benzene rings is 3. The molecule has 1 heterocycles. The molecular formula is C24H17ClN2O5. The highest BCUT2D eigenvalue weighted by Crippen LogP contribution is 2.42. The molecule has 0 spiro atoms. The van der Waals surface area contributed by atoms with E-state index in [1.165, 1.54) is 35.2 Å². The minimum atomic E-state index is -1.05. The highest BCUT2D eigenvalue weighted by molar-refractivity contribution is 6.51. The van der Waals surface area contributed by atoms with E-state index in [4.69, 9.17) is 11.6 Å². The summed E-state index contributed by atoms with van der Waals surface area (Å²) in [6, 6.07) is 17.7. The van der Waals surface area contributed by atoms with E-state index in [2.05, 4.69) is 0 Å². The van der Waals surface area contributed by atoms with Crippen LogP contribution in [0, 0.1) is 17.0 Å². The molecule has 0 aromatic heterocycles. The number of nitrogens with zero attached hydrogens (tertiary/aromatic N) is 2. The number of non-ortho nitro benzene ring substituents is 1. The Hall–Kier alpha value is -3.97. The van der Waals surface area contributed by atoms with Gasteiger partial charge < -0.3 is 5.11 Å². The van der Waals surface area contributed by atoms with Gasteiger partial charge in [0.05, 0.1) is 16.5 Å². The number of carbonyl (C=O) groups is 2. The highest BCUT2D eigenvalue weighted by Gasteiger charge is 2.47. The lowest BCUT2D eigenvalue weighted by atomic mass is 9.94. The summed E-state index contributed by atoms with van der Waals surface area (Å²) in [7, 11) is 0. The number of amides is 1. The highest BCUT2D eigenvalue weighted by atomic mass is 35.5. The van der Waals surface area contributed by atoms with Crippen LogP contribution in [0.25, 0.3) is 5.76 Å². The quantitative estimate of drug-likeness (QED) is 0.195. The second-order valence-corrected chi connectivity index (χ2v) is 7.80. The predicted octanol–water partition coefficient (Wildman–Crippen LogP) is 5.18. The van der Waals surface area contributed by atoms with E-state index in [1.807, 2.05) is 6.92 Å². The molecular weight excluding hydrogens is 432 g/mol. The molecule has 3 aromatic rings. The van der Waals surface area contributed by atoms with E-state index in [9.17, 15) is 24.8 Å². The summed E-state index contributed by atoms with van der Waals surface area (Å²) in [4.78, 5) is 38.2. The normalized spacial score (nSPS) is 17.6. The lowest BCUT2D eigenvalue weighted by molar-refractivity contribution is -0.384. The Kier molecular flexibility index (Phi) is 5.50. The van der Waals surface area contributed by atoms with Gasteiger partial charge in [0.1, 0.15) is 5.76 Å². The molecule has 0 radical (unpaired) electrons. The monoisotopic (exact) mass is 448 g/mol. The number of carbonyl (C=O) groups excluding carboxylic acids is 2. The maximum Gasteiger partial charge on any atom is 0.300 e. The second-order valence-electron chi connectivity index (χ2n) is 7.36. The molecule has 0 aliphatic carbocycles. The smallest absolute Gasteiger partial charge is 0.300 e. The fourth-order valence-electron chi connectivity index (χ4n) is 3.69. The molecule has 1 aliphatic heterocycles. The zero-order valence-electron chi connectivity index (χ0n) is 16.9. The lowest BCUT2D eigenvalue weighted by Gasteiger charge is -2.25. The molecule has 1 saturated heterocycles. The van der Waals surface area contributed by atoms with Crippen LogP contribution in [0.5, 0.6) is 0 Å². The van der Waals surface area contributed by atoms with Crippen molar-refractivity contribution in [3.05, 3.63) is 110 Å². The average molecular weight is 449 g/mol. The summed E-state index contributed by atoms with van der Waals surface area (Å²) in [5.41, 5.74) is 1.67. The van der Waals surface area contributed by atoms with Crippen molar-refractivity contribution >= 4 is 40.4 Å². The number of hydrogen-bond donors (Lipinski definition) is 1. The Balaban J connectivity index is 1.96. The minimum Gasteiger partial charge on any atom is -0.507 e. The van der Waals surface area contributed by atoms with Crippen LogP contribution in [0.2, 0.25) is 5.02 Å². The van der Waals surface area contributed by atoms with Crippen LogP contribution in [0.1, 0.15) is 22.7 Å². The molecule has 1 amide bonds. The predicted molar refractivity (Wildman–Crippen MR) is 121 cm³/mol. The van der Waals surface area contributed by atoms with Crippen molar-refractivity contribution in [1.82, 2.24) is 0 Å². The van der Waals surface area contributed by atoms with Crippen LogP contribution in [-0.2, 0) is 9.59 Å². The summed E-state index contributed by atoms with van der Waals surface area (Å²) in [5.74, 6) is -2.10. The van der Waals surface area contributed by atoms with Crippen molar-refractivity contribution in [1.29, 1.82) is 0 Å². The van der Waals surface area contributed by atoms with E-state index >= 15 is 0 Å². The summed E-state index contributed by atoms with van der Waals surface area (Å²) in [5, 5.41) is 22.8. The van der Waals surface area contributed by atoms with Crippen molar-refractivity contribution in [2.45, 2.75) is 13.0 Å². The number of anilines is 1. The Morgan fingerprint density at radius 1 is 1.03 bits per heavy atom. The first-order valence-electron chi connectivity index (χ1n) is 9.66. The molecule has 7 nitrogen and oxygen atoms in total. The van der Waals surface area contributed by atoms with Crippen molar-refractivity contribution in [3.63, 3.8) is 0 Å². The van der Waals surface area contributed by atoms with E-state index in [1.54, 1.807) is 42.5 Å². The summed E-state index contributed by atoms with van der Waals surface area (Å²) in [6.45, 7) is 1.89. The van der Waals surface area contributed by atoms with Crippen molar-refractivity contribution in [2.75, 3.05) is 4.90 Å². The van der Waals surface area contributed by atoms with Gasteiger partial charge in [-0.1, -0.05) is 41.4 Å². The topological polar surface area (TPSA) is 101 Å². The molecule has 3 aromatic carbocycles. The molecule has 1 N–H and O–H groups in total. The van der Waals surface area contributed by atoms with Gasteiger partial charge in [-0.15, -0.1) is 0 Å². The molecule has 8 heteroatoms. The first kappa shape index (κ1) is 21.3. The largest absolute Gasteiger partial charge is 0.507 e. The van der Waals surface area contributed by atoms with Crippen LogP contribution in [-0.4, -0.2) is 21.7 Å². The third-order valence-electron chi connectivity index (χ3n) is 5.27. The van der Waals surface area contributed by atoms with Crippen LogP contribution >= 0.6 is 11.6 Å². The molecule has 160 valence electrons. The Morgan fingerprint density at radius 2 is 1.69 bits per heavy atom. The molecule has 0 bridgehead atoms. The number of Topliss-reactive ketones (excluding diaryl/α,β-unsaturated/α-hetero) is 1. The zero-order chi connectivity index (χ0) is 23.0. The second kappa shape index (κ2) is 8.28. The van der Waals surface area contributed by atoms with Gasteiger partial charge >= 0.3 is 0 Å². The van der Waals surface area contributed by atoms with Crippen LogP contribution in [0.4, 0.5) is 11.4 Å². The van der Waals surface area contributed by atoms with Crippen molar-refractivity contribution in [2.24, 2.45) is 0 Å². The Morgan fingerprint density at radius 3 is 2.31 bits per heavy atom. The van der Waals surface area contributed by atoms with E-state index in [0.717, 1.165) is 5.56 Å². The molecule has 32 heavy (non-hydrogen) atoms. The third-order valence-corrected chi connectivity index (χ3v) is 5.52. The standard InChI is InChI=1S/C24H17ClN2O5/c1-14-5-11-18(12-6-14)26-21(16-3-2-4-19(13-16)27(31)32)20(23(29)24(26)30)22(28)15-7-9-17(25)10-8-15/h2-13,21,28H,1H3/b22-20+. The van der Waals surface area contributed by atoms with Gasteiger partial charge in [-0.3, -0.25) is 24.6 Å². The number of ketones is 1. The van der Waals surface area contributed by atoms with Crippen molar-refractivity contribution in [3.8, 4) is 0 Å². The van der Waals surface area contributed by atoms with Gasteiger partial charge in [-0.05, 0) is 48.9 Å². The number of aliphatic hydroxyl groups excluding tert-OH is 1. The SMILES string of the molecule is Cc1ccc(N2C(=O)C(=O)/C(=C(/O)c3ccc(Cl)cc3)C2c2cccc([N+](=O)[O-])c2)cc1. The van der Waals surface area contributed by atoms with Crippen molar-refractivity contribution < 1.29 is 19.6 Å².